The first-order valence-electron chi connectivity index (χ1n) is 5.32. The van der Waals surface area contributed by atoms with E-state index >= 15 is 0 Å². The number of hydrogen-bond acceptors (Lipinski definition) is 2. The second-order valence-electron chi connectivity index (χ2n) is 2.99. The van der Waals surface area contributed by atoms with Crippen molar-refractivity contribution < 1.29 is 9.53 Å². The summed E-state index contributed by atoms with van der Waals surface area (Å²) < 4.78 is 4.40. The second kappa shape index (κ2) is 18.5. The molecule has 0 radical (unpaired) electrons. The molecule has 0 N–H and O–H groups in total. The normalized spacial score (nSPS) is 8.00. The maximum absolute atomic E-state index is 9.82. The zero-order valence-corrected chi connectivity index (χ0v) is 9.56. The van der Waals surface area contributed by atoms with Gasteiger partial charge >= 0.3 is 5.97 Å². The van der Waals surface area contributed by atoms with Gasteiger partial charge in [0.25, 0.3) is 0 Å². The van der Waals surface area contributed by atoms with Crippen molar-refractivity contribution in [3.05, 3.63) is 0 Å². The quantitative estimate of drug-likeness (QED) is 0.403. The van der Waals surface area contributed by atoms with Crippen LogP contribution in [-0.4, -0.2) is 23.5 Å². The fourth-order valence-corrected chi connectivity index (χ4v) is 0.880. The predicted octanol–water partition coefficient (Wildman–Crippen LogP) is 2.09. The fraction of sp³-hybridized carbons (Fsp3) is 0.909. The molecule has 0 aromatic carbocycles. The van der Waals surface area contributed by atoms with Crippen LogP contribution in [0.1, 0.15) is 59.8 Å². The summed E-state index contributed by atoms with van der Waals surface area (Å²) in [5, 5.41) is 0. The van der Waals surface area contributed by atoms with E-state index in [-0.39, 0.29) is 16.9 Å². The van der Waals surface area contributed by atoms with Crippen LogP contribution in [0, 0.1) is 0 Å². The van der Waals surface area contributed by atoms with Crippen LogP contribution in [0.25, 0.3) is 0 Å². The Kier molecular flexibility index (Phi) is 25.4. The summed E-state index contributed by atoms with van der Waals surface area (Å²) in [7, 11) is 0. The van der Waals surface area contributed by atoms with Crippen molar-refractivity contribution in [2.24, 2.45) is 0 Å². The Balaban J connectivity index is -0.000000163. The molecule has 0 rings (SSSR count). The summed E-state index contributed by atoms with van der Waals surface area (Å²) in [5.74, 6) is -0.211. The summed E-state index contributed by atoms with van der Waals surface area (Å²) in [6, 6.07) is 0. The lowest BCUT2D eigenvalue weighted by Crippen LogP contribution is -1.95. The van der Waals surface area contributed by atoms with E-state index in [9.17, 15) is 4.79 Å². The van der Waals surface area contributed by atoms with Crippen molar-refractivity contribution in [2.45, 2.75) is 59.8 Å². The third-order valence-electron chi connectivity index (χ3n) is 1.55. The first-order valence-corrected chi connectivity index (χ1v) is 5.32. The van der Waals surface area contributed by atoms with Gasteiger partial charge in [-0.15, -0.1) is 0 Å². The molecule has 0 spiro atoms. The highest BCUT2D eigenvalue weighted by Gasteiger charge is 1.81. The third-order valence-corrected chi connectivity index (χ3v) is 1.55. The van der Waals surface area contributed by atoms with Crippen LogP contribution >= 0.6 is 0 Å². The summed E-state index contributed by atoms with van der Waals surface area (Å²) in [5.41, 5.74) is 0. The lowest BCUT2D eigenvalue weighted by Gasteiger charge is -1.90. The van der Waals surface area contributed by atoms with Crippen molar-refractivity contribution in [1.82, 2.24) is 0 Å². The Bertz CT molecular complexity index is 101. The van der Waals surface area contributed by atoms with Crippen LogP contribution in [0.4, 0.5) is 0 Å². The van der Waals surface area contributed by atoms with Gasteiger partial charge < -0.3 is 4.74 Å². The second-order valence-corrected chi connectivity index (χ2v) is 2.99. The van der Waals surface area contributed by atoms with Crippen LogP contribution in [0.5, 0.6) is 0 Å². The van der Waals surface area contributed by atoms with Gasteiger partial charge in [-0.05, 0) is 17.9 Å². The van der Waals surface area contributed by atoms with Gasteiger partial charge in [0.1, 0.15) is 0 Å². The number of unbranched alkanes of at least 4 members (excludes halogenated alkanes) is 4. The van der Waals surface area contributed by atoms with Crippen LogP contribution in [0.2, 0.25) is 0 Å². The van der Waals surface area contributed by atoms with E-state index in [4.69, 9.17) is 0 Å². The maximum atomic E-state index is 9.82. The molecule has 0 unspecified atom stereocenters. The number of ether oxygens (including phenoxy) is 1. The average Bonchev–Trinajstić information content (AvgIpc) is 2.06. The van der Waals surface area contributed by atoms with Gasteiger partial charge in [-0.3, -0.25) is 4.79 Å². The molecule has 88 valence electrons. The molecule has 0 saturated carbocycles. The van der Waals surface area contributed by atoms with E-state index in [2.05, 4.69) is 18.6 Å². The molecule has 0 aliphatic heterocycles. The molecule has 0 heterocycles. The molecular formula is C11H28O2Si. The zero-order valence-electron chi connectivity index (χ0n) is 9.56. The van der Waals surface area contributed by atoms with Crippen molar-refractivity contribution in [3.8, 4) is 0 Å². The zero-order chi connectivity index (χ0) is 10.5. The van der Waals surface area contributed by atoms with Gasteiger partial charge in [-0.1, -0.05) is 46.0 Å². The largest absolute Gasteiger partial charge is 0.466 e. The highest BCUT2D eigenvalue weighted by Crippen LogP contribution is 2.00. The molecule has 14 heavy (non-hydrogen) atoms. The van der Waals surface area contributed by atoms with Crippen LogP contribution < -0.4 is 0 Å². The molecule has 0 bridgehead atoms. The molecule has 0 amide bonds. The Hall–Kier alpha value is -0.313. The van der Waals surface area contributed by atoms with Gasteiger partial charge in [-0.2, -0.15) is 0 Å². The Morgan fingerprint density at radius 3 is 1.57 bits per heavy atom. The Labute approximate surface area is 93.4 Å². The first kappa shape index (κ1) is 19.3. The van der Waals surface area contributed by atoms with Crippen LogP contribution in [0.3, 0.4) is 0 Å². The van der Waals surface area contributed by atoms with Crippen molar-refractivity contribution >= 4 is 16.9 Å². The van der Waals surface area contributed by atoms with E-state index < -0.39 is 0 Å². The number of carbonyl (C=O) groups is 1. The minimum absolute atomic E-state index is 0. The van der Waals surface area contributed by atoms with E-state index in [0.29, 0.717) is 6.61 Å². The molecule has 0 atom stereocenters. The molecule has 0 aromatic heterocycles. The van der Waals surface area contributed by atoms with Gasteiger partial charge in [0.2, 0.25) is 0 Å². The number of carbonyl (C=O) groups excluding carboxylic acids is 1. The van der Waals surface area contributed by atoms with Gasteiger partial charge in [-0.25, -0.2) is 0 Å². The van der Waals surface area contributed by atoms with E-state index in [1.54, 1.807) is 6.92 Å². The van der Waals surface area contributed by atoms with Crippen molar-refractivity contribution in [3.63, 3.8) is 0 Å². The third kappa shape index (κ3) is 29.9. The predicted molar refractivity (Wildman–Crippen MR) is 68.1 cm³/mol. The van der Waals surface area contributed by atoms with E-state index in [0.717, 1.165) is 0 Å². The molecule has 0 aromatic rings. The van der Waals surface area contributed by atoms with E-state index in [1.807, 2.05) is 0 Å². The monoisotopic (exact) mass is 220 g/mol. The first-order chi connectivity index (χ1) is 6.18. The highest BCUT2D eigenvalue weighted by molar-refractivity contribution is 5.75. The molecule has 0 fully saturated rings. The average molecular weight is 220 g/mol. The molecule has 0 aliphatic rings. The fourth-order valence-electron chi connectivity index (χ4n) is 0.880. The Morgan fingerprint density at radius 1 is 1.00 bits per heavy atom. The lowest BCUT2D eigenvalue weighted by molar-refractivity contribution is -0.140. The summed E-state index contributed by atoms with van der Waals surface area (Å²) in [6.45, 7) is 8.14. The minimum atomic E-state index is -0.211. The summed E-state index contributed by atoms with van der Waals surface area (Å²) >= 11 is 0. The number of hydrogen-bond donors (Lipinski definition) is 0. The van der Waals surface area contributed by atoms with E-state index in [1.165, 1.54) is 39.0 Å². The van der Waals surface area contributed by atoms with Gasteiger partial charge in [0.15, 0.2) is 0 Å². The van der Waals surface area contributed by atoms with Crippen LogP contribution in [0.15, 0.2) is 0 Å². The summed E-state index contributed by atoms with van der Waals surface area (Å²) in [6.07, 6.45) is 7.01. The molecule has 0 aliphatic carbocycles. The van der Waals surface area contributed by atoms with Crippen molar-refractivity contribution in [2.75, 3.05) is 6.61 Å². The van der Waals surface area contributed by atoms with Gasteiger partial charge in [0.05, 0.1) is 6.61 Å². The lowest BCUT2D eigenvalue weighted by atomic mass is 10.2. The summed E-state index contributed by atoms with van der Waals surface area (Å²) in [4.78, 5) is 9.82. The minimum Gasteiger partial charge on any atom is -0.466 e. The number of esters is 1. The number of rotatable bonds is 5. The van der Waals surface area contributed by atoms with Crippen LogP contribution in [-0.2, 0) is 9.53 Å². The molecule has 0 saturated heterocycles. The van der Waals surface area contributed by atoms with Crippen molar-refractivity contribution in [1.29, 1.82) is 0 Å². The molecule has 2 nitrogen and oxygen atoms in total. The highest BCUT2D eigenvalue weighted by atomic mass is 28.1. The van der Waals surface area contributed by atoms with Gasteiger partial charge in [0, 0.05) is 6.92 Å². The SMILES string of the molecule is CCCCCCC.CCOC(C)=O.[SiH4]. The molecule has 3 heteroatoms. The Morgan fingerprint density at radius 2 is 1.43 bits per heavy atom. The maximum Gasteiger partial charge on any atom is 0.302 e. The smallest absolute Gasteiger partial charge is 0.302 e. The molecular weight excluding hydrogens is 192 g/mol. The standard InChI is InChI=1S/C7H16.C4H8O2.H4Si/c1-3-5-7-6-4-2;1-3-6-4(2)5;/h3-7H2,1-2H3;3H2,1-2H3;1H4. The topological polar surface area (TPSA) is 26.3 Å².